The highest BCUT2D eigenvalue weighted by atomic mass is 19.4. The van der Waals surface area contributed by atoms with Crippen molar-refractivity contribution in [2.45, 2.75) is 62.6 Å². The van der Waals surface area contributed by atoms with E-state index >= 15 is 0 Å². The van der Waals surface area contributed by atoms with Crippen LogP contribution in [0.3, 0.4) is 0 Å². The van der Waals surface area contributed by atoms with Crippen molar-refractivity contribution >= 4 is 17.8 Å². The van der Waals surface area contributed by atoms with Gasteiger partial charge in [-0.05, 0) is 38.2 Å². The normalized spacial score (nSPS) is 21.4. The zero-order valence-electron chi connectivity index (χ0n) is 19.6. The number of carboxylic acid groups (broad SMARTS) is 2. The van der Waals surface area contributed by atoms with Crippen LogP contribution < -0.4 is 5.32 Å². The summed E-state index contributed by atoms with van der Waals surface area (Å²) in [5.74, 6) is -3.67. The molecule has 3 heterocycles. The maximum absolute atomic E-state index is 10.6. The molecular formula is C21H28F6N4O6. The summed E-state index contributed by atoms with van der Waals surface area (Å²) in [7, 11) is 0. The number of anilines is 1. The lowest BCUT2D eigenvalue weighted by Gasteiger charge is -2.41. The summed E-state index contributed by atoms with van der Waals surface area (Å²) in [6.07, 6.45) is -2.28. The van der Waals surface area contributed by atoms with Crippen molar-refractivity contribution in [2.24, 2.45) is 0 Å². The average molecular weight is 546 g/mol. The van der Waals surface area contributed by atoms with E-state index in [1.165, 1.54) is 19.3 Å². The van der Waals surface area contributed by atoms with Crippen molar-refractivity contribution in [3.63, 3.8) is 0 Å². The number of aliphatic carboxylic acids is 2. The van der Waals surface area contributed by atoms with Gasteiger partial charge in [-0.1, -0.05) is 0 Å². The van der Waals surface area contributed by atoms with Gasteiger partial charge in [0.25, 0.3) is 0 Å². The third-order valence-electron chi connectivity index (χ3n) is 5.74. The molecule has 3 N–H and O–H groups in total. The molecule has 2 aliphatic heterocycles. The van der Waals surface area contributed by atoms with Crippen LogP contribution in [0.2, 0.25) is 0 Å². The number of alkyl halides is 6. The second kappa shape index (κ2) is 13.7. The standard InChI is InChI=1S/C17H26N4O2.2C2HF3O2/c1-2-13(3-1)19-16-4-7-18-17(20-16)15-12-23-11-8-21(15)14-5-9-22-10-6-14;2*3-2(4,5)1(6)7/h4,7,13-15H,1-3,5-6,8-12H2,(H,18,19,20);2*(H,6,7). The Bertz CT molecular complexity index is 854. The van der Waals surface area contributed by atoms with E-state index < -0.39 is 24.3 Å². The van der Waals surface area contributed by atoms with Crippen LogP contribution in [-0.2, 0) is 19.1 Å². The minimum absolute atomic E-state index is 0.162. The lowest BCUT2D eigenvalue weighted by molar-refractivity contribution is -0.193. The Morgan fingerprint density at radius 2 is 1.51 bits per heavy atom. The molecule has 1 aliphatic carbocycles. The minimum atomic E-state index is -5.08. The third-order valence-corrected chi connectivity index (χ3v) is 5.74. The maximum atomic E-state index is 10.6. The smallest absolute Gasteiger partial charge is 0.475 e. The second-order valence-corrected chi connectivity index (χ2v) is 8.35. The number of aromatic nitrogens is 2. The molecule has 0 radical (unpaired) electrons. The van der Waals surface area contributed by atoms with Crippen LogP contribution >= 0.6 is 0 Å². The summed E-state index contributed by atoms with van der Waals surface area (Å²) in [5.41, 5.74) is 0. The highest BCUT2D eigenvalue weighted by Gasteiger charge is 2.39. The van der Waals surface area contributed by atoms with Gasteiger partial charge in [0.1, 0.15) is 11.6 Å². The summed E-state index contributed by atoms with van der Waals surface area (Å²) >= 11 is 0. The number of halogens is 6. The number of ether oxygens (including phenoxy) is 2. The molecule has 2 saturated heterocycles. The van der Waals surface area contributed by atoms with Gasteiger partial charge in [0.05, 0.1) is 19.3 Å². The summed E-state index contributed by atoms with van der Waals surface area (Å²) in [6.45, 7) is 4.16. The third kappa shape index (κ3) is 10.3. The van der Waals surface area contributed by atoms with Crippen LogP contribution in [0, 0.1) is 0 Å². The number of rotatable bonds is 4. The Labute approximate surface area is 208 Å². The SMILES string of the molecule is O=C(O)C(F)(F)F.O=C(O)C(F)(F)F.c1cc(NC2CCC2)nc(C2COCCN2C2CCOCC2)n1. The molecule has 210 valence electrons. The number of nitrogens with zero attached hydrogens (tertiary/aromatic N) is 3. The largest absolute Gasteiger partial charge is 0.490 e. The van der Waals surface area contributed by atoms with E-state index in [4.69, 9.17) is 34.3 Å². The lowest BCUT2D eigenvalue weighted by Crippen LogP contribution is -2.48. The van der Waals surface area contributed by atoms with Gasteiger partial charge in [0.15, 0.2) is 0 Å². The van der Waals surface area contributed by atoms with Gasteiger partial charge in [-0.15, -0.1) is 0 Å². The van der Waals surface area contributed by atoms with Crippen LogP contribution in [0.5, 0.6) is 0 Å². The predicted octanol–water partition coefficient (Wildman–Crippen LogP) is 3.26. The van der Waals surface area contributed by atoms with E-state index in [-0.39, 0.29) is 6.04 Å². The topological polar surface area (TPSA) is 134 Å². The van der Waals surface area contributed by atoms with Gasteiger partial charge in [0.2, 0.25) is 0 Å². The molecule has 1 aromatic heterocycles. The highest BCUT2D eigenvalue weighted by molar-refractivity contribution is 5.73. The molecule has 0 bridgehead atoms. The monoisotopic (exact) mass is 546 g/mol. The molecule has 0 aromatic carbocycles. The van der Waals surface area contributed by atoms with Crippen molar-refractivity contribution in [1.29, 1.82) is 0 Å². The number of carbonyl (C=O) groups is 2. The molecule has 0 amide bonds. The number of morpholine rings is 1. The molecule has 1 unspecified atom stereocenters. The Morgan fingerprint density at radius 3 is 2.00 bits per heavy atom. The fraction of sp³-hybridized carbons (Fsp3) is 0.714. The highest BCUT2D eigenvalue weighted by Crippen LogP contribution is 2.29. The molecular weight excluding hydrogens is 518 g/mol. The van der Waals surface area contributed by atoms with Crippen LogP contribution in [0.4, 0.5) is 32.2 Å². The predicted molar refractivity (Wildman–Crippen MR) is 115 cm³/mol. The fourth-order valence-electron chi connectivity index (χ4n) is 3.67. The van der Waals surface area contributed by atoms with E-state index in [1.807, 2.05) is 12.3 Å². The summed E-state index contributed by atoms with van der Waals surface area (Å²) in [4.78, 5) is 29.7. The van der Waals surface area contributed by atoms with Gasteiger partial charge in [-0.2, -0.15) is 26.3 Å². The van der Waals surface area contributed by atoms with Crippen LogP contribution in [0.15, 0.2) is 12.3 Å². The number of hydrogen-bond acceptors (Lipinski definition) is 8. The van der Waals surface area contributed by atoms with Crippen LogP contribution in [-0.4, -0.2) is 94.4 Å². The molecule has 37 heavy (non-hydrogen) atoms. The summed E-state index contributed by atoms with van der Waals surface area (Å²) in [5, 5.41) is 17.8. The molecule has 4 rings (SSSR count). The molecule has 3 aliphatic rings. The maximum Gasteiger partial charge on any atom is 0.490 e. The van der Waals surface area contributed by atoms with E-state index in [2.05, 4.69) is 15.2 Å². The Balaban J connectivity index is 0.000000286. The lowest BCUT2D eigenvalue weighted by atomic mass is 9.93. The molecule has 3 fully saturated rings. The number of carboxylic acids is 2. The van der Waals surface area contributed by atoms with Gasteiger partial charge in [-0.25, -0.2) is 19.6 Å². The van der Waals surface area contributed by atoms with E-state index in [0.29, 0.717) is 18.7 Å². The van der Waals surface area contributed by atoms with Crippen molar-refractivity contribution in [3.05, 3.63) is 18.1 Å². The van der Waals surface area contributed by atoms with Gasteiger partial charge < -0.3 is 25.0 Å². The first-order valence-electron chi connectivity index (χ1n) is 11.4. The van der Waals surface area contributed by atoms with Crippen molar-refractivity contribution < 1.29 is 55.6 Å². The number of nitrogens with one attached hydrogen (secondary N) is 1. The van der Waals surface area contributed by atoms with Crippen LogP contribution in [0.1, 0.15) is 44.0 Å². The Hall–Kier alpha value is -2.72. The summed E-state index contributed by atoms with van der Waals surface area (Å²) in [6, 6.07) is 3.29. The van der Waals surface area contributed by atoms with Crippen molar-refractivity contribution in [3.8, 4) is 0 Å². The Morgan fingerprint density at radius 1 is 0.946 bits per heavy atom. The van der Waals surface area contributed by atoms with Crippen LogP contribution in [0.25, 0.3) is 0 Å². The fourth-order valence-corrected chi connectivity index (χ4v) is 3.67. The van der Waals surface area contributed by atoms with E-state index in [1.54, 1.807) is 0 Å². The molecule has 10 nitrogen and oxygen atoms in total. The molecule has 1 aromatic rings. The first kappa shape index (κ1) is 30.5. The molecule has 0 spiro atoms. The molecule has 1 atom stereocenters. The first-order valence-corrected chi connectivity index (χ1v) is 11.4. The zero-order chi connectivity index (χ0) is 27.6. The van der Waals surface area contributed by atoms with E-state index in [9.17, 15) is 26.3 Å². The van der Waals surface area contributed by atoms with Gasteiger partial charge in [-0.3, -0.25) is 4.90 Å². The van der Waals surface area contributed by atoms with Crippen molar-refractivity contribution in [2.75, 3.05) is 38.3 Å². The van der Waals surface area contributed by atoms with Gasteiger partial charge >= 0.3 is 24.3 Å². The Kier molecular flexibility index (Phi) is 11.3. The quantitative estimate of drug-likeness (QED) is 0.483. The average Bonchev–Trinajstić information content (AvgIpc) is 2.82. The first-order chi connectivity index (χ1) is 17.3. The van der Waals surface area contributed by atoms with Crippen molar-refractivity contribution in [1.82, 2.24) is 14.9 Å². The number of hydrogen-bond donors (Lipinski definition) is 3. The minimum Gasteiger partial charge on any atom is -0.475 e. The van der Waals surface area contributed by atoms with E-state index in [0.717, 1.165) is 50.8 Å². The molecule has 1 saturated carbocycles. The van der Waals surface area contributed by atoms with Gasteiger partial charge in [0, 0.05) is 38.0 Å². The zero-order valence-corrected chi connectivity index (χ0v) is 19.6. The molecule has 16 heteroatoms. The summed E-state index contributed by atoms with van der Waals surface area (Å²) < 4.78 is 74.7. The second-order valence-electron chi connectivity index (χ2n) is 8.35.